The first-order valence-electron chi connectivity index (χ1n) is 7.09. The summed E-state index contributed by atoms with van der Waals surface area (Å²) in [6, 6.07) is 3.84. The minimum absolute atomic E-state index is 0.108. The molecule has 0 atom stereocenters. The molecule has 0 aromatic heterocycles. The van der Waals surface area contributed by atoms with Crippen molar-refractivity contribution in [2.75, 3.05) is 31.7 Å². The van der Waals surface area contributed by atoms with E-state index < -0.39 is 11.7 Å². The van der Waals surface area contributed by atoms with E-state index in [0.717, 1.165) is 50.4 Å². The third kappa shape index (κ3) is 3.89. The zero-order chi connectivity index (χ0) is 15.5. The second-order valence-corrected chi connectivity index (χ2v) is 5.43. The van der Waals surface area contributed by atoms with E-state index >= 15 is 0 Å². The van der Waals surface area contributed by atoms with Crippen molar-refractivity contribution < 1.29 is 17.9 Å². The molecule has 2 rings (SSSR count). The molecule has 0 saturated carbocycles. The molecule has 21 heavy (non-hydrogen) atoms. The Bertz CT molecular complexity index is 468. The molecule has 6 heteroatoms. The fraction of sp³-hybridized carbons (Fsp3) is 0.600. The number of nitrogens with two attached hydrogens (primary N) is 1. The van der Waals surface area contributed by atoms with Gasteiger partial charge < -0.3 is 15.4 Å². The summed E-state index contributed by atoms with van der Waals surface area (Å²) in [7, 11) is 1.69. The zero-order valence-corrected chi connectivity index (χ0v) is 12.1. The van der Waals surface area contributed by atoms with Crippen LogP contribution in [0.1, 0.15) is 24.0 Å². The van der Waals surface area contributed by atoms with Crippen molar-refractivity contribution in [3.05, 3.63) is 29.3 Å². The first-order chi connectivity index (χ1) is 9.95. The molecule has 1 saturated heterocycles. The van der Waals surface area contributed by atoms with Crippen molar-refractivity contribution >= 4 is 5.69 Å². The van der Waals surface area contributed by atoms with Crippen LogP contribution in [0.25, 0.3) is 0 Å². The number of hydrogen-bond donors (Lipinski definition) is 1. The number of nitrogens with zero attached hydrogens (tertiary/aromatic N) is 1. The third-order valence-corrected chi connectivity index (χ3v) is 3.98. The molecule has 0 amide bonds. The van der Waals surface area contributed by atoms with E-state index in [-0.39, 0.29) is 6.54 Å². The van der Waals surface area contributed by atoms with E-state index in [0.29, 0.717) is 11.5 Å². The minimum atomic E-state index is -4.33. The highest BCUT2D eigenvalue weighted by Crippen LogP contribution is 2.34. The largest absolute Gasteiger partial charge is 0.416 e. The quantitative estimate of drug-likeness (QED) is 0.929. The number of hydrogen-bond acceptors (Lipinski definition) is 3. The van der Waals surface area contributed by atoms with E-state index in [9.17, 15) is 13.2 Å². The normalized spacial score (nSPS) is 17.3. The highest BCUT2D eigenvalue weighted by molar-refractivity contribution is 5.55. The molecule has 1 aliphatic heterocycles. The lowest BCUT2D eigenvalue weighted by atomic mass is 9.96. The lowest BCUT2D eigenvalue weighted by Gasteiger charge is -2.34. The molecule has 1 heterocycles. The summed E-state index contributed by atoms with van der Waals surface area (Å²) >= 11 is 0. The number of piperidine rings is 1. The molecule has 1 aromatic carbocycles. The van der Waals surface area contributed by atoms with Crippen molar-refractivity contribution in [1.82, 2.24) is 0 Å². The van der Waals surface area contributed by atoms with E-state index in [1.54, 1.807) is 13.2 Å². The average Bonchev–Trinajstić information content (AvgIpc) is 2.47. The van der Waals surface area contributed by atoms with E-state index in [2.05, 4.69) is 4.90 Å². The topological polar surface area (TPSA) is 38.5 Å². The van der Waals surface area contributed by atoms with Crippen molar-refractivity contribution in [1.29, 1.82) is 0 Å². The third-order valence-electron chi connectivity index (χ3n) is 3.98. The van der Waals surface area contributed by atoms with Crippen LogP contribution in [0.4, 0.5) is 18.9 Å². The van der Waals surface area contributed by atoms with E-state index in [4.69, 9.17) is 10.5 Å². The fourth-order valence-electron chi connectivity index (χ4n) is 2.81. The predicted octanol–water partition coefficient (Wildman–Crippen LogP) is 3.03. The Morgan fingerprint density at radius 2 is 1.95 bits per heavy atom. The Morgan fingerprint density at radius 1 is 1.29 bits per heavy atom. The number of ether oxygens (including phenoxy) is 1. The van der Waals surface area contributed by atoms with Crippen LogP contribution in [0.2, 0.25) is 0 Å². The molecule has 0 spiro atoms. The van der Waals surface area contributed by atoms with Crippen LogP contribution in [0, 0.1) is 5.92 Å². The molecule has 0 bridgehead atoms. The summed E-state index contributed by atoms with van der Waals surface area (Å²) < 4.78 is 43.4. The van der Waals surface area contributed by atoms with Gasteiger partial charge in [-0.05, 0) is 42.5 Å². The standard InChI is InChI=1S/C15H21F3N2O/c1-21-10-11-4-6-20(7-5-11)14-3-2-13(15(16,17)18)8-12(14)9-19/h2-3,8,11H,4-7,9-10,19H2,1H3. The Hall–Kier alpha value is -1.27. The highest BCUT2D eigenvalue weighted by atomic mass is 19.4. The Labute approximate surface area is 122 Å². The monoisotopic (exact) mass is 302 g/mol. The molecular formula is C15H21F3N2O. The first kappa shape index (κ1) is 16.1. The van der Waals surface area contributed by atoms with Gasteiger partial charge in [0, 0.05) is 39.0 Å². The van der Waals surface area contributed by atoms with Gasteiger partial charge in [-0.15, -0.1) is 0 Å². The maximum atomic E-state index is 12.7. The Balaban J connectivity index is 2.14. The average molecular weight is 302 g/mol. The van der Waals surface area contributed by atoms with Gasteiger partial charge in [0.1, 0.15) is 0 Å². The molecule has 1 aliphatic rings. The fourth-order valence-corrected chi connectivity index (χ4v) is 2.81. The molecule has 1 aromatic rings. The van der Waals surface area contributed by atoms with Crippen molar-refractivity contribution in [3.63, 3.8) is 0 Å². The van der Waals surface area contributed by atoms with Gasteiger partial charge in [-0.25, -0.2) is 0 Å². The van der Waals surface area contributed by atoms with Crippen LogP contribution in [-0.2, 0) is 17.5 Å². The number of anilines is 1. The second-order valence-electron chi connectivity index (χ2n) is 5.43. The second kappa shape index (κ2) is 6.66. The van der Waals surface area contributed by atoms with Crippen LogP contribution in [0.15, 0.2) is 18.2 Å². The van der Waals surface area contributed by atoms with Crippen LogP contribution < -0.4 is 10.6 Å². The van der Waals surface area contributed by atoms with Crippen LogP contribution >= 0.6 is 0 Å². The maximum Gasteiger partial charge on any atom is 0.416 e. The highest BCUT2D eigenvalue weighted by Gasteiger charge is 2.31. The van der Waals surface area contributed by atoms with Gasteiger partial charge in [0.05, 0.1) is 5.56 Å². The lowest BCUT2D eigenvalue weighted by molar-refractivity contribution is -0.137. The first-order valence-corrected chi connectivity index (χ1v) is 7.09. The summed E-state index contributed by atoms with van der Waals surface area (Å²) in [5.41, 5.74) is 6.36. The van der Waals surface area contributed by atoms with Gasteiger partial charge >= 0.3 is 6.18 Å². The number of methoxy groups -OCH3 is 1. The summed E-state index contributed by atoms with van der Waals surface area (Å²) in [6.45, 7) is 2.50. The number of halogens is 3. The number of rotatable bonds is 4. The minimum Gasteiger partial charge on any atom is -0.384 e. The van der Waals surface area contributed by atoms with Crippen LogP contribution in [0.3, 0.4) is 0 Å². The molecule has 118 valence electrons. The molecule has 0 aliphatic carbocycles. The smallest absolute Gasteiger partial charge is 0.384 e. The SMILES string of the molecule is COCC1CCN(c2ccc(C(F)(F)F)cc2CN)CC1. The summed E-state index contributed by atoms with van der Waals surface area (Å²) in [5, 5.41) is 0. The number of alkyl halides is 3. The van der Waals surface area contributed by atoms with Crippen LogP contribution in [-0.4, -0.2) is 26.8 Å². The summed E-state index contributed by atoms with van der Waals surface area (Å²) in [6.07, 6.45) is -2.36. The van der Waals surface area contributed by atoms with E-state index in [1.165, 1.54) is 0 Å². The molecule has 3 nitrogen and oxygen atoms in total. The van der Waals surface area contributed by atoms with Gasteiger partial charge in [-0.3, -0.25) is 0 Å². The van der Waals surface area contributed by atoms with Gasteiger partial charge in [0.15, 0.2) is 0 Å². The van der Waals surface area contributed by atoms with Gasteiger partial charge in [0.25, 0.3) is 0 Å². The number of benzene rings is 1. The summed E-state index contributed by atoms with van der Waals surface area (Å²) in [4.78, 5) is 2.12. The lowest BCUT2D eigenvalue weighted by Crippen LogP contribution is -2.35. The molecule has 0 unspecified atom stereocenters. The molecular weight excluding hydrogens is 281 g/mol. The molecule has 1 fully saturated rings. The Kier molecular flexibility index (Phi) is 5.11. The predicted molar refractivity (Wildman–Crippen MR) is 76.1 cm³/mol. The van der Waals surface area contributed by atoms with Gasteiger partial charge in [-0.2, -0.15) is 13.2 Å². The van der Waals surface area contributed by atoms with Crippen molar-refractivity contribution in [2.24, 2.45) is 11.7 Å². The van der Waals surface area contributed by atoms with Gasteiger partial charge in [0.2, 0.25) is 0 Å². The summed E-state index contributed by atoms with van der Waals surface area (Å²) in [5.74, 6) is 0.530. The van der Waals surface area contributed by atoms with Crippen LogP contribution in [0.5, 0.6) is 0 Å². The zero-order valence-electron chi connectivity index (χ0n) is 12.1. The Morgan fingerprint density at radius 3 is 2.48 bits per heavy atom. The van der Waals surface area contributed by atoms with E-state index in [1.807, 2.05) is 0 Å². The van der Waals surface area contributed by atoms with Crippen molar-refractivity contribution in [3.8, 4) is 0 Å². The molecule has 2 N–H and O–H groups in total. The van der Waals surface area contributed by atoms with Gasteiger partial charge in [-0.1, -0.05) is 0 Å². The van der Waals surface area contributed by atoms with Crippen molar-refractivity contribution in [2.45, 2.75) is 25.6 Å². The maximum absolute atomic E-state index is 12.7. The molecule has 0 radical (unpaired) electrons.